The van der Waals surface area contributed by atoms with Crippen molar-refractivity contribution in [1.82, 2.24) is 15.0 Å². The molecule has 4 rings (SSSR count). The van der Waals surface area contributed by atoms with Gasteiger partial charge in [0.1, 0.15) is 5.82 Å². The maximum Gasteiger partial charge on any atom is 0.221 e. The minimum absolute atomic E-state index is 0.201. The van der Waals surface area contributed by atoms with Crippen LogP contribution in [0.2, 0.25) is 0 Å². The van der Waals surface area contributed by atoms with Crippen LogP contribution in [-0.4, -0.2) is 21.2 Å². The summed E-state index contributed by atoms with van der Waals surface area (Å²) in [5, 5.41) is 4.09. The van der Waals surface area contributed by atoms with E-state index in [0.717, 1.165) is 39.6 Å². The number of nitrogens with zero attached hydrogens (tertiary/aromatic N) is 2. The Labute approximate surface area is 155 Å². The summed E-state index contributed by atoms with van der Waals surface area (Å²) >= 11 is 0. The molecule has 2 aromatic heterocycles. The molecule has 0 amide bonds. The quantitative estimate of drug-likeness (QED) is 0.326. The number of aryl methyl sites for hydroxylation is 1. The second-order valence-electron chi connectivity index (χ2n) is 6.30. The zero-order chi connectivity index (χ0) is 19.0. The van der Waals surface area contributed by atoms with Gasteiger partial charge in [0, 0.05) is 45.8 Å². The minimum Gasteiger partial charge on any atom is -0.398 e. The van der Waals surface area contributed by atoms with Crippen LogP contribution in [0.15, 0.2) is 48.8 Å². The maximum atomic E-state index is 11.3. The molecular formula is C20H18N6O. The molecule has 7 nitrogen and oxygen atoms in total. The molecule has 0 unspecified atom stereocenters. The molecular weight excluding hydrogens is 340 g/mol. The molecule has 134 valence electrons. The van der Waals surface area contributed by atoms with Crippen molar-refractivity contribution in [1.29, 1.82) is 0 Å². The van der Waals surface area contributed by atoms with Gasteiger partial charge in [-0.1, -0.05) is 6.07 Å². The molecule has 0 spiro atoms. The largest absolute Gasteiger partial charge is 0.398 e. The van der Waals surface area contributed by atoms with Crippen LogP contribution in [0.5, 0.6) is 0 Å². The third kappa shape index (κ3) is 3.06. The number of fused-ring (bicyclic) bond motifs is 1. The van der Waals surface area contributed by atoms with Crippen LogP contribution < -0.4 is 16.8 Å². The predicted octanol–water partition coefficient (Wildman–Crippen LogP) is 3.65. The number of nitrogens with two attached hydrogens (primary N) is 2. The Kier molecular flexibility index (Phi) is 3.97. The zero-order valence-electron chi connectivity index (χ0n) is 14.7. The van der Waals surface area contributed by atoms with Crippen LogP contribution in [-0.2, 0) is 0 Å². The number of hydrogen-bond donors (Lipinski definition) is 4. The van der Waals surface area contributed by atoms with E-state index in [1.165, 1.54) is 0 Å². The summed E-state index contributed by atoms with van der Waals surface area (Å²) in [6.45, 7) is 1.95. The van der Waals surface area contributed by atoms with Gasteiger partial charge < -0.3 is 21.8 Å². The molecule has 0 saturated carbocycles. The topological polar surface area (TPSA) is 123 Å². The number of rotatable bonds is 4. The number of benzene rings is 2. The Hall–Kier alpha value is -3.87. The van der Waals surface area contributed by atoms with Gasteiger partial charge in [0.2, 0.25) is 5.95 Å². The van der Waals surface area contributed by atoms with Gasteiger partial charge in [0.05, 0.1) is 0 Å². The molecule has 0 saturated heterocycles. The van der Waals surface area contributed by atoms with Crippen molar-refractivity contribution in [2.75, 3.05) is 16.8 Å². The summed E-state index contributed by atoms with van der Waals surface area (Å²) in [5.74, 6) is 0.800. The van der Waals surface area contributed by atoms with Crippen LogP contribution in [0.1, 0.15) is 15.9 Å². The molecule has 0 atom stereocenters. The van der Waals surface area contributed by atoms with Gasteiger partial charge >= 0.3 is 0 Å². The van der Waals surface area contributed by atoms with Crippen molar-refractivity contribution in [2.24, 2.45) is 0 Å². The normalized spacial score (nSPS) is 10.9. The lowest BCUT2D eigenvalue weighted by Gasteiger charge is -2.14. The number of aromatic nitrogens is 3. The van der Waals surface area contributed by atoms with Crippen LogP contribution in [0, 0.1) is 6.92 Å². The van der Waals surface area contributed by atoms with Crippen LogP contribution in [0.25, 0.3) is 22.0 Å². The average Bonchev–Trinajstić information content (AvgIpc) is 3.07. The van der Waals surface area contributed by atoms with Gasteiger partial charge in [-0.05, 0) is 48.4 Å². The molecule has 0 aliphatic rings. The van der Waals surface area contributed by atoms with Gasteiger partial charge in [-0.3, -0.25) is 4.79 Å². The van der Waals surface area contributed by atoms with Crippen molar-refractivity contribution < 1.29 is 4.79 Å². The van der Waals surface area contributed by atoms with Crippen molar-refractivity contribution in [3.8, 4) is 11.1 Å². The second-order valence-corrected chi connectivity index (χ2v) is 6.30. The van der Waals surface area contributed by atoms with Crippen LogP contribution in [0.3, 0.4) is 0 Å². The fourth-order valence-corrected chi connectivity index (χ4v) is 3.11. The van der Waals surface area contributed by atoms with Crippen molar-refractivity contribution in [3.05, 3.63) is 59.9 Å². The second kappa shape index (κ2) is 6.45. The number of carbonyl (C=O) groups excluding carboxylic acids is 1. The number of carbonyl (C=O) groups is 1. The highest BCUT2D eigenvalue weighted by molar-refractivity contribution is 6.00. The Morgan fingerprint density at radius 2 is 2.00 bits per heavy atom. The predicted molar refractivity (Wildman–Crippen MR) is 108 cm³/mol. The van der Waals surface area contributed by atoms with E-state index in [0.29, 0.717) is 17.1 Å². The number of nitrogen functional groups attached to an aromatic ring is 2. The van der Waals surface area contributed by atoms with Crippen molar-refractivity contribution >= 4 is 40.3 Å². The first-order valence-corrected chi connectivity index (χ1v) is 8.37. The molecule has 0 aliphatic carbocycles. The third-order valence-electron chi connectivity index (χ3n) is 4.49. The summed E-state index contributed by atoms with van der Waals surface area (Å²) in [6, 6.07) is 11.5. The van der Waals surface area contributed by atoms with E-state index >= 15 is 0 Å². The number of H-pyrrole nitrogens is 1. The van der Waals surface area contributed by atoms with Gasteiger partial charge in [0.25, 0.3) is 0 Å². The van der Waals surface area contributed by atoms with E-state index < -0.39 is 0 Å². The number of hydrogen-bond acceptors (Lipinski definition) is 6. The summed E-state index contributed by atoms with van der Waals surface area (Å²) in [4.78, 5) is 22.4. The molecule has 0 radical (unpaired) electrons. The van der Waals surface area contributed by atoms with E-state index in [1.807, 2.05) is 37.3 Å². The first-order chi connectivity index (χ1) is 13.0. The molecule has 27 heavy (non-hydrogen) atoms. The number of anilines is 4. The summed E-state index contributed by atoms with van der Waals surface area (Å²) in [7, 11) is 0. The van der Waals surface area contributed by atoms with Gasteiger partial charge in [-0.15, -0.1) is 0 Å². The molecule has 4 aromatic rings. The average molecular weight is 358 g/mol. The zero-order valence-corrected chi connectivity index (χ0v) is 14.7. The van der Waals surface area contributed by atoms with Crippen LogP contribution in [0.4, 0.5) is 23.1 Å². The summed E-state index contributed by atoms with van der Waals surface area (Å²) in [5.41, 5.74) is 17.8. The lowest BCUT2D eigenvalue weighted by atomic mass is 9.98. The van der Waals surface area contributed by atoms with E-state index in [1.54, 1.807) is 18.5 Å². The molecule has 2 heterocycles. The fraction of sp³-hybridized carbons (Fsp3) is 0.0500. The maximum absolute atomic E-state index is 11.3. The lowest BCUT2D eigenvalue weighted by molar-refractivity contribution is 0.112. The van der Waals surface area contributed by atoms with Crippen molar-refractivity contribution in [2.45, 2.75) is 6.92 Å². The molecule has 0 fully saturated rings. The Balaban J connectivity index is 1.80. The monoisotopic (exact) mass is 358 g/mol. The fourth-order valence-electron chi connectivity index (χ4n) is 3.11. The summed E-state index contributed by atoms with van der Waals surface area (Å²) < 4.78 is 0. The standard InChI is InChI=1S/C20H18N6O/c1-11-6-14(25-18-4-5-23-20(22)26-18)8-16(19(11)21)12-2-3-17-15(7-12)13(10-27)9-24-17/h2-10,24H,21H2,1H3,(H3,22,23,25,26). The molecule has 2 aromatic carbocycles. The molecule has 6 N–H and O–H groups in total. The van der Waals surface area contributed by atoms with Gasteiger partial charge in [0.15, 0.2) is 6.29 Å². The Morgan fingerprint density at radius 1 is 1.15 bits per heavy atom. The lowest BCUT2D eigenvalue weighted by Crippen LogP contribution is -2.01. The first kappa shape index (κ1) is 16.6. The number of aromatic amines is 1. The molecule has 0 aliphatic heterocycles. The van der Waals surface area contributed by atoms with E-state index in [-0.39, 0.29) is 5.95 Å². The van der Waals surface area contributed by atoms with Gasteiger partial charge in [-0.25, -0.2) is 4.98 Å². The van der Waals surface area contributed by atoms with Crippen LogP contribution >= 0.6 is 0 Å². The van der Waals surface area contributed by atoms with Crippen molar-refractivity contribution in [3.63, 3.8) is 0 Å². The Bertz CT molecular complexity index is 1160. The minimum atomic E-state index is 0.201. The molecule has 7 heteroatoms. The van der Waals surface area contributed by atoms with E-state index in [4.69, 9.17) is 11.5 Å². The molecule has 0 bridgehead atoms. The number of aldehydes is 1. The van der Waals surface area contributed by atoms with E-state index in [9.17, 15) is 4.79 Å². The van der Waals surface area contributed by atoms with E-state index in [2.05, 4.69) is 20.3 Å². The van der Waals surface area contributed by atoms with Gasteiger partial charge in [-0.2, -0.15) is 4.98 Å². The highest BCUT2D eigenvalue weighted by Gasteiger charge is 2.11. The Morgan fingerprint density at radius 3 is 2.78 bits per heavy atom. The first-order valence-electron chi connectivity index (χ1n) is 8.37. The SMILES string of the molecule is Cc1cc(Nc2ccnc(N)n2)cc(-c2ccc3[nH]cc(C=O)c3c2)c1N. The third-order valence-corrected chi connectivity index (χ3v) is 4.49. The highest BCUT2D eigenvalue weighted by atomic mass is 16.1. The highest BCUT2D eigenvalue weighted by Crippen LogP contribution is 2.34. The summed E-state index contributed by atoms with van der Waals surface area (Å²) in [6.07, 6.45) is 4.14. The smallest absolute Gasteiger partial charge is 0.221 e. The number of nitrogens with one attached hydrogen (secondary N) is 2.